The number of hydrogen-bond acceptors (Lipinski definition) is 6. The van der Waals surface area contributed by atoms with E-state index in [0.717, 1.165) is 0 Å². The molecule has 1 heterocycles. The van der Waals surface area contributed by atoms with Crippen LogP contribution in [0.2, 0.25) is 0 Å². The highest BCUT2D eigenvalue weighted by Crippen LogP contribution is 2.24. The number of ether oxygens (including phenoxy) is 1. The second-order valence-electron chi connectivity index (χ2n) is 4.80. The molecule has 1 aromatic heterocycles. The Morgan fingerprint density at radius 3 is 2.44 bits per heavy atom. The predicted molar refractivity (Wildman–Crippen MR) is 70.8 cm³/mol. The van der Waals surface area contributed by atoms with Crippen molar-refractivity contribution in [1.29, 1.82) is 5.26 Å². The monoisotopic (exact) mass is 249 g/mol. The van der Waals surface area contributed by atoms with Crippen LogP contribution in [0.15, 0.2) is 0 Å². The van der Waals surface area contributed by atoms with Crippen molar-refractivity contribution in [3.63, 3.8) is 0 Å². The summed E-state index contributed by atoms with van der Waals surface area (Å²) in [6, 6.07) is 2.05. The lowest BCUT2D eigenvalue weighted by Crippen LogP contribution is -2.27. The maximum Gasteiger partial charge on any atom is 0.238 e. The highest BCUT2D eigenvalue weighted by Gasteiger charge is 2.17. The van der Waals surface area contributed by atoms with Gasteiger partial charge in [0.25, 0.3) is 0 Å². The van der Waals surface area contributed by atoms with Crippen LogP contribution in [0.1, 0.15) is 33.3 Å². The predicted octanol–water partition coefficient (Wildman–Crippen LogP) is 2.00. The molecule has 0 radical (unpaired) electrons. The zero-order valence-electron chi connectivity index (χ0n) is 11.5. The van der Waals surface area contributed by atoms with E-state index in [-0.39, 0.29) is 11.4 Å². The first-order valence-electron chi connectivity index (χ1n) is 5.79. The second-order valence-corrected chi connectivity index (χ2v) is 4.80. The molecule has 0 fully saturated rings. The number of hydrogen-bond donors (Lipinski definition) is 2. The van der Waals surface area contributed by atoms with E-state index in [1.54, 1.807) is 0 Å². The summed E-state index contributed by atoms with van der Waals surface area (Å²) in [6.07, 6.45) is 0. The molecule has 0 unspecified atom stereocenters. The summed E-state index contributed by atoms with van der Waals surface area (Å²) in [5, 5.41) is 15.3. The maximum atomic E-state index is 9.11. The summed E-state index contributed by atoms with van der Waals surface area (Å²) in [5.41, 5.74) is 0.154. The van der Waals surface area contributed by atoms with Crippen molar-refractivity contribution in [2.45, 2.75) is 33.2 Å². The van der Waals surface area contributed by atoms with Gasteiger partial charge < -0.3 is 15.4 Å². The molecule has 98 valence electrons. The zero-order valence-corrected chi connectivity index (χ0v) is 11.5. The fourth-order valence-electron chi connectivity index (χ4n) is 1.38. The molecule has 0 spiro atoms. The molecule has 0 bridgehead atoms. The molecular weight excluding hydrogens is 230 g/mol. The Labute approximate surface area is 107 Å². The van der Waals surface area contributed by atoms with Crippen LogP contribution in [-0.4, -0.2) is 29.2 Å². The molecule has 1 aromatic rings. The highest BCUT2D eigenvalue weighted by atomic mass is 16.5. The normalized spacial score (nSPS) is 10.7. The Hall–Kier alpha value is -2.03. The van der Waals surface area contributed by atoms with Crippen LogP contribution in [0, 0.1) is 11.3 Å². The lowest BCUT2D eigenvalue weighted by molar-refractivity contribution is 0.396. The Kier molecular flexibility index (Phi) is 4.32. The fourth-order valence-corrected chi connectivity index (χ4v) is 1.38. The van der Waals surface area contributed by atoms with Crippen LogP contribution in [0.5, 0.6) is 5.88 Å². The lowest BCUT2D eigenvalue weighted by Gasteiger charge is -2.21. The molecule has 6 nitrogen and oxygen atoms in total. The third-order valence-corrected chi connectivity index (χ3v) is 2.01. The molecule has 1 rings (SSSR count). The number of nitrogens with zero attached hydrogens (tertiary/aromatic N) is 3. The van der Waals surface area contributed by atoms with E-state index in [1.807, 2.05) is 33.8 Å². The van der Waals surface area contributed by atoms with E-state index in [2.05, 4.69) is 20.6 Å². The van der Waals surface area contributed by atoms with Gasteiger partial charge in [0.1, 0.15) is 6.07 Å². The first-order valence-corrected chi connectivity index (χ1v) is 5.79. The van der Waals surface area contributed by atoms with E-state index in [9.17, 15) is 0 Å². The molecular formula is C12H19N5O. The summed E-state index contributed by atoms with van der Waals surface area (Å²) in [4.78, 5) is 8.47. The minimum absolute atomic E-state index is 0.164. The van der Waals surface area contributed by atoms with Gasteiger partial charge in [-0.05, 0) is 27.7 Å². The summed E-state index contributed by atoms with van der Waals surface area (Å²) >= 11 is 0. The first-order chi connectivity index (χ1) is 8.41. The number of nitriles is 1. The quantitative estimate of drug-likeness (QED) is 0.849. The van der Waals surface area contributed by atoms with Gasteiger partial charge in [-0.1, -0.05) is 0 Å². The van der Waals surface area contributed by atoms with Gasteiger partial charge in [-0.15, -0.1) is 0 Å². The Balaban J connectivity index is 3.23. The minimum atomic E-state index is -0.164. The Morgan fingerprint density at radius 2 is 2.00 bits per heavy atom. The Bertz CT molecular complexity index is 459. The average molecular weight is 249 g/mol. The fraction of sp³-hybridized carbons (Fsp3) is 0.583. The summed E-state index contributed by atoms with van der Waals surface area (Å²) in [5.74, 6) is 1.20. The molecule has 0 atom stereocenters. The summed E-state index contributed by atoms with van der Waals surface area (Å²) in [6.45, 7) is 8.63. The van der Waals surface area contributed by atoms with E-state index in [0.29, 0.717) is 23.9 Å². The minimum Gasteiger partial charge on any atom is -0.480 e. The van der Waals surface area contributed by atoms with E-state index < -0.39 is 0 Å². The van der Waals surface area contributed by atoms with E-state index >= 15 is 0 Å². The molecule has 6 heteroatoms. The van der Waals surface area contributed by atoms with Crippen molar-refractivity contribution in [3.05, 3.63) is 5.56 Å². The van der Waals surface area contributed by atoms with Crippen molar-refractivity contribution in [3.8, 4) is 11.9 Å². The molecule has 0 saturated carbocycles. The molecule has 18 heavy (non-hydrogen) atoms. The van der Waals surface area contributed by atoms with Gasteiger partial charge in [0.05, 0.1) is 7.11 Å². The van der Waals surface area contributed by atoms with Gasteiger partial charge in [0, 0.05) is 12.1 Å². The van der Waals surface area contributed by atoms with Crippen LogP contribution in [0.3, 0.4) is 0 Å². The topological polar surface area (TPSA) is 82.9 Å². The second kappa shape index (κ2) is 5.54. The van der Waals surface area contributed by atoms with Crippen molar-refractivity contribution < 1.29 is 4.74 Å². The van der Waals surface area contributed by atoms with Crippen molar-refractivity contribution >= 4 is 11.8 Å². The van der Waals surface area contributed by atoms with E-state index in [1.165, 1.54) is 7.11 Å². The van der Waals surface area contributed by atoms with Crippen molar-refractivity contribution in [2.75, 3.05) is 24.3 Å². The van der Waals surface area contributed by atoms with Crippen LogP contribution in [0.4, 0.5) is 11.8 Å². The van der Waals surface area contributed by atoms with Gasteiger partial charge in [0.2, 0.25) is 11.8 Å². The molecule has 0 amide bonds. The third kappa shape index (κ3) is 3.48. The molecule has 0 aromatic carbocycles. The summed E-state index contributed by atoms with van der Waals surface area (Å²) in [7, 11) is 1.49. The van der Waals surface area contributed by atoms with Crippen LogP contribution < -0.4 is 15.4 Å². The number of nitrogens with one attached hydrogen (secondary N) is 2. The largest absolute Gasteiger partial charge is 0.480 e. The highest BCUT2D eigenvalue weighted by molar-refractivity contribution is 5.59. The van der Waals surface area contributed by atoms with Crippen LogP contribution >= 0.6 is 0 Å². The molecule has 0 aliphatic heterocycles. The number of aromatic nitrogens is 2. The average Bonchev–Trinajstić information content (AvgIpc) is 2.26. The number of methoxy groups -OCH3 is 1. The van der Waals surface area contributed by atoms with E-state index in [4.69, 9.17) is 10.00 Å². The maximum absolute atomic E-state index is 9.11. The van der Waals surface area contributed by atoms with Crippen molar-refractivity contribution in [1.82, 2.24) is 9.97 Å². The van der Waals surface area contributed by atoms with Crippen LogP contribution in [-0.2, 0) is 0 Å². The summed E-state index contributed by atoms with van der Waals surface area (Å²) < 4.78 is 5.12. The molecule has 0 aliphatic carbocycles. The number of rotatable bonds is 4. The number of anilines is 2. The first kappa shape index (κ1) is 14.0. The third-order valence-electron chi connectivity index (χ3n) is 2.01. The van der Waals surface area contributed by atoms with Crippen molar-refractivity contribution in [2.24, 2.45) is 0 Å². The van der Waals surface area contributed by atoms with Gasteiger partial charge in [0.15, 0.2) is 11.4 Å². The SMILES string of the molecule is CCNc1nc(NC(C)(C)C)nc(OC)c1C#N. The zero-order chi connectivity index (χ0) is 13.8. The van der Waals surface area contributed by atoms with Gasteiger partial charge >= 0.3 is 0 Å². The van der Waals surface area contributed by atoms with Gasteiger partial charge in [-0.25, -0.2) is 0 Å². The smallest absolute Gasteiger partial charge is 0.238 e. The molecule has 0 saturated heterocycles. The van der Waals surface area contributed by atoms with Gasteiger partial charge in [-0.2, -0.15) is 15.2 Å². The van der Waals surface area contributed by atoms with Gasteiger partial charge in [-0.3, -0.25) is 0 Å². The standard InChI is InChI=1S/C12H19N5O/c1-6-14-9-8(7-13)10(18-5)16-11(15-9)17-12(2,3)4/h6H2,1-5H3,(H2,14,15,16,17). The molecule has 2 N–H and O–H groups in total. The Morgan fingerprint density at radius 1 is 1.33 bits per heavy atom. The lowest BCUT2D eigenvalue weighted by atomic mass is 10.1. The molecule has 0 aliphatic rings. The van der Waals surface area contributed by atoms with Crippen LogP contribution in [0.25, 0.3) is 0 Å².